The number of benzene rings is 2. The van der Waals surface area contributed by atoms with E-state index in [-0.39, 0.29) is 17.4 Å². The maximum absolute atomic E-state index is 13.8. The highest BCUT2D eigenvalue weighted by atomic mass is 35.5. The van der Waals surface area contributed by atoms with Gasteiger partial charge in [-0.3, -0.25) is 9.59 Å². The Morgan fingerprint density at radius 1 is 1.14 bits per heavy atom. The summed E-state index contributed by atoms with van der Waals surface area (Å²) in [6.07, 6.45) is 3.61. The van der Waals surface area contributed by atoms with Crippen LogP contribution in [0.15, 0.2) is 55.0 Å². The van der Waals surface area contributed by atoms with Gasteiger partial charge in [0.05, 0.1) is 24.0 Å². The van der Waals surface area contributed by atoms with Crippen LogP contribution in [0.5, 0.6) is 5.75 Å². The minimum absolute atomic E-state index is 0.151. The Bertz CT molecular complexity index is 1410. The Morgan fingerprint density at radius 3 is 2.69 bits per heavy atom. The average Bonchev–Trinajstić information content (AvgIpc) is 3.20. The van der Waals surface area contributed by atoms with Gasteiger partial charge in [-0.15, -0.1) is 16.7 Å². The molecule has 0 atom stereocenters. The third kappa shape index (κ3) is 5.69. The van der Waals surface area contributed by atoms with E-state index in [1.165, 1.54) is 54.4 Å². The summed E-state index contributed by atoms with van der Waals surface area (Å²) in [7, 11) is 0. The lowest BCUT2D eigenvalue weighted by molar-refractivity contribution is -0.117. The summed E-state index contributed by atoms with van der Waals surface area (Å²) in [5, 5.41) is 12.0. The van der Waals surface area contributed by atoms with Gasteiger partial charge in [0, 0.05) is 31.2 Å². The molecule has 0 bridgehead atoms. The van der Waals surface area contributed by atoms with E-state index in [0.717, 1.165) is 6.42 Å². The Balaban J connectivity index is 1.70. The number of nitrogens with zero attached hydrogens (tertiary/aromatic N) is 5. The van der Waals surface area contributed by atoms with Gasteiger partial charge in [-0.2, -0.15) is 4.79 Å². The molecule has 36 heavy (non-hydrogen) atoms. The second kappa shape index (κ2) is 11.0. The van der Waals surface area contributed by atoms with Crippen molar-refractivity contribution in [3.05, 3.63) is 60.8 Å². The minimum atomic E-state index is -0.509. The fraction of sp³-hybridized carbons (Fsp3) is 0.208. The predicted octanol–water partition coefficient (Wildman–Crippen LogP) is 4.49. The first-order valence-electron chi connectivity index (χ1n) is 11.0. The molecule has 2 aromatic carbocycles. The van der Waals surface area contributed by atoms with E-state index in [9.17, 15) is 14.0 Å². The number of hydrogen-bond donors (Lipinski definition) is 2. The molecule has 0 saturated carbocycles. The molecule has 0 aliphatic carbocycles. The van der Waals surface area contributed by atoms with Crippen molar-refractivity contribution in [3.8, 4) is 5.75 Å². The predicted molar refractivity (Wildman–Crippen MR) is 135 cm³/mol. The highest BCUT2D eigenvalue weighted by Gasteiger charge is 2.20. The van der Waals surface area contributed by atoms with E-state index in [0.29, 0.717) is 40.6 Å². The maximum Gasteiger partial charge on any atom is 0.244 e. The fourth-order valence-corrected chi connectivity index (χ4v) is 3.57. The number of fused-ring (bicyclic) bond motifs is 1. The summed E-state index contributed by atoms with van der Waals surface area (Å²) in [6, 6.07) is 10.9. The average molecular weight is 512 g/mol. The number of aromatic nitrogens is 4. The first-order chi connectivity index (χ1) is 17.4. The van der Waals surface area contributed by atoms with Gasteiger partial charge < -0.3 is 15.4 Å². The van der Waals surface area contributed by atoms with Gasteiger partial charge in [0.25, 0.3) is 0 Å². The second-order valence-electron chi connectivity index (χ2n) is 7.72. The fourth-order valence-electron chi connectivity index (χ4n) is 3.47. The monoisotopic (exact) mass is 511 g/mol. The van der Waals surface area contributed by atoms with Crippen LogP contribution in [0.4, 0.5) is 27.4 Å². The van der Waals surface area contributed by atoms with Crippen LogP contribution in [-0.2, 0) is 9.59 Å². The summed E-state index contributed by atoms with van der Waals surface area (Å²) in [4.78, 5) is 34.1. The molecule has 186 valence electrons. The zero-order valence-electron chi connectivity index (χ0n) is 19.5. The summed E-state index contributed by atoms with van der Waals surface area (Å²) in [6.45, 7) is 3.15. The van der Waals surface area contributed by atoms with Crippen molar-refractivity contribution in [2.24, 2.45) is 0 Å². The second-order valence-corrected chi connectivity index (χ2v) is 8.10. The molecule has 0 unspecified atom stereocenters. The molecule has 4 aromatic rings. The summed E-state index contributed by atoms with van der Waals surface area (Å²) >= 11 is 5.70. The molecule has 0 saturated heterocycles. The number of ether oxygens (including phenoxy) is 1. The van der Waals surface area contributed by atoms with Crippen molar-refractivity contribution < 1.29 is 18.7 Å². The number of alkyl halides is 1. The molecule has 0 aliphatic heterocycles. The Labute approximate surface area is 211 Å². The molecule has 10 nitrogen and oxygen atoms in total. The lowest BCUT2D eigenvalue weighted by atomic mass is 10.2. The van der Waals surface area contributed by atoms with E-state index in [2.05, 4.69) is 25.7 Å². The zero-order chi connectivity index (χ0) is 25.7. The molecular weight excluding hydrogens is 489 g/mol. The Kier molecular flexibility index (Phi) is 7.59. The molecule has 2 aromatic heterocycles. The standard InChI is InChI=1S/C24H23ClFN7O3/c1-15(34)29-24-22(13-32(31-24)33(16(2)35)18-6-3-5-17(26)11-18)30-23-20-8-7-19(36-10-4-9-25)12-21(20)27-14-28-23/h3,5-8,11-14H,4,9-10H2,1-2H3,(H,27,28,30)(H,29,31,34). The van der Waals surface area contributed by atoms with Crippen LogP contribution in [0.25, 0.3) is 10.9 Å². The number of anilines is 4. The summed E-state index contributed by atoms with van der Waals surface area (Å²) < 4.78 is 19.5. The highest BCUT2D eigenvalue weighted by Crippen LogP contribution is 2.30. The molecule has 0 aliphatic rings. The normalized spacial score (nSPS) is 10.8. The highest BCUT2D eigenvalue weighted by molar-refractivity contribution is 6.17. The number of carbonyl (C=O) groups excluding carboxylic acids is 2. The van der Waals surface area contributed by atoms with Crippen LogP contribution >= 0.6 is 11.6 Å². The molecular formula is C24H23ClFN7O3. The third-order valence-corrected chi connectivity index (χ3v) is 5.23. The van der Waals surface area contributed by atoms with Gasteiger partial charge in [0.15, 0.2) is 5.82 Å². The van der Waals surface area contributed by atoms with Crippen molar-refractivity contribution in [2.75, 3.05) is 28.1 Å². The summed E-state index contributed by atoms with van der Waals surface area (Å²) in [5.74, 6) is 0.458. The first kappa shape index (κ1) is 24.9. The van der Waals surface area contributed by atoms with E-state index < -0.39 is 11.7 Å². The molecule has 0 radical (unpaired) electrons. The number of hydrogen-bond acceptors (Lipinski definition) is 7. The molecule has 0 spiro atoms. The van der Waals surface area contributed by atoms with Gasteiger partial charge in [-0.05, 0) is 36.8 Å². The van der Waals surface area contributed by atoms with Crippen molar-refractivity contribution >= 4 is 57.3 Å². The van der Waals surface area contributed by atoms with Crippen LogP contribution in [0, 0.1) is 5.82 Å². The van der Waals surface area contributed by atoms with Crippen LogP contribution < -0.4 is 20.4 Å². The van der Waals surface area contributed by atoms with Crippen LogP contribution in [-0.4, -0.2) is 44.2 Å². The number of halogens is 2. The SMILES string of the molecule is CC(=O)Nc1nn(N(C(C)=O)c2cccc(F)c2)cc1Nc1ncnc2cc(OCCCCl)ccc12. The smallest absolute Gasteiger partial charge is 0.244 e. The molecule has 2 N–H and O–H groups in total. The number of nitrogens with one attached hydrogen (secondary N) is 2. The molecule has 2 heterocycles. The van der Waals surface area contributed by atoms with Gasteiger partial charge in [-0.1, -0.05) is 6.07 Å². The van der Waals surface area contributed by atoms with Crippen molar-refractivity contribution in [2.45, 2.75) is 20.3 Å². The Morgan fingerprint density at radius 2 is 1.97 bits per heavy atom. The van der Waals surface area contributed by atoms with Crippen LogP contribution in [0.1, 0.15) is 20.3 Å². The van der Waals surface area contributed by atoms with Gasteiger partial charge in [0.2, 0.25) is 11.8 Å². The zero-order valence-corrected chi connectivity index (χ0v) is 20.3. The quantitative estimate of drug-likeness (QED) is 0.251. The largest absolute Gasteiger partial charge is 0.493 e. The van der Waals surface area contributed by atoms with Crippen molar-refractivity contribution in [3.63, 3.8) is 0 Å². The van der Waals surface area contributed by atoms with Gasteiger partial charge >= 0.3 is 0 Å². The minimum Gasteiger partial charge on any atom is -0.493 e. The first-order valence-corrected chi connectivity index (χ1v) is 11.5. The van der Waals surface area contributed by atoms with Gasteiger partial charge in [-0.25, -0.2) is 19.4 Å². The third-order valence-electron chi connectivity index (χ3n) is 4.96. The number of carbonyl (C=O) groups is 2. The lowest BCUT2D eigenvalue weighted by Crippen LogP contribution is -2.34. The van der Waals surface area contributed by atoms with E-state index in [1.54, 1.807) is 18.2 Å². The van der Waals surface area contributed by atoms with E-state index in [4.69, 9.17) is 16.3 Å². The van der Waals surface area contributed by atoms with Crippen molar-refractivity contribution in [1.82, 2.24) is 19.9 Å². The molecule has 4 rings (SSSR count). The van der Waals surface area contributed by atoms with Crippen LogP contribution in [0.2, 0.25) is 0 Å². The molecule has 2 amide bonds. The van der Waals surface area contributed by atoms with Gasteiger partial charge in [0.1, 0.15) is 29.4 Å². The summed E-state index contributed by atoms with van der Waals surface area (Å²) in [5.41, 5.74) is 1.25. The number of rotatable bonds is 9. The Hall–Kier alpha value is -4.25. The van der Waals surface area contributed by atoms with Crippen LogP contribution in [0.3, 0.4) is 0 Å². The molecule has 0 fully saturated rings. The topological polar surface area (TPSA) is 114 Å². The molecule has 12 heteroatoms. The number of amides is 2. The van der Waals surface area contributed by atoms with E-state index in [1.807, 2.05) is 6.07 Å². The maximum atomic E-state index is 13.8. The van der Waals surface area contributed by atoms with E-state index >= 15 is 0 Å². The van der Waals surface area contributed by atoms with Crippen molar-refractivity contribution in [1.29, 1.82) is 0 Å². The lowest BCUT2D eigenvalue weighted by Gasteiger charge is -2.20.